The highest BCUT2D eigenvalue weighted by Gasteiger charge is 2.55. The van der Waals surface area contributed by atoms with E-state index in [0.717, 1.165) is 11.3 Å². The molecule has 2 N–H and O–H groups in total. The number of likely N-dealkylation sites (tertiary alicyclic amines) is 2. The molecular weight excluding hydrogens is 322 g/mol. The van der Waals surface area contributed by atoms with Gasteiger partial charge in [0.15, 0.2) is 5.43 Å². The summed E-state index contributed by atoms with van der Waals surface area (Å²) in [6.45, 7) is 5.66. The lowest BCUT2D eigenvalue weighted by atomic mass is 9.77. The second-order valence-electron chi connectivity index (χ2n) is 7.33. The van der Waals surface area contributed by atoms with Gasteiger partial charge in [-0.2, -0.15) is 0 Å². The van der Waals surface area contributed by atoms with E-state index in [1.165, 1.54) is 0 Å². The number of hydrogen-bond acceptors (Lipinski definition) is 4. The quantitative estimate of drug-likeness (QED) is 0.847. The fourth-order valence-electron chi connectivity index (χ4n) is 4.27. The number of aliphatic carboxylic acids is 1. The zero-order valence-electron chi connectivity index (χ0n) is 15.0. The van der Waals surface area contributed by atoms with Crippen LogP contribution in [-0.2, 0) is 16.1 Å². The van der Waals surface area contributed by atoms with E-state index in [-0.39, 0.29) is 17.8 Å². The zero-order chi connectivity index (χ0) is 18.4. The van der Waals surface area contributed by atoms with Gasteiger partial charge in [-0.3, -0.25) is 19.3 Å². The van der Waals surface area contributed by atoms with Crippen LogP contribution >= 0.6 is 0 Å². The number of nitrogens with zero attached hydrogens (tertiary/aromatic N) is 2. The number of aromatic amines is 1. The van der Waals surface area contributed by atoms with E-state index in [9.17, 15) is 19.5 Å². The largest absolute Gasteiger partial charge is 0.481 e. The summed E-state index contributed by atoms with van der Waals surface area (Å²) in [6.07, 6.45) is 3.11. The van der Waals surface area contributed by atoms with Crippen molar-refractivity contribution in [1.29, 1.82) is 0 Å². The minimum absolute atomic E-state index is 0.0642. The van der Waals surface area contributed by atoms with Gasteiger partial charge in [-0.25, -0.2) is 0 Å². The fraction of sp³-hybridized carbons (Fsp3) is 0.611. The lowest BCUT2D eigenvalue weighted by molar-refractivity contribution is -0.146. The Bertz CT molecular complexity index is 762. The lowest BCUT2D eigenvalue weighted by Gasteiger charge is -2.45. The Labute approximate surface area is 146 Å². The lowest BCUT2D eigenvalue weighted by Crippen LogP contribution is -2.56. The molecule has 1 amide bonds. The number of amides is 1. The topological polar surface area (TPSA) is 93.7 Å². The maximum atomic E-state index is 12.1. The number of pyridine rings is 1. The van der Waals surface area contributed by atoms with E-state index in [0.29, 0.717) is 38.0 Å². The molecule has 2 saturated heterocycles. The number of carboxylic acids is 1. The van der Waals surface area contributed by atoms with Gasteiger partial charge in [-0.05, 0) is 26.7 Å². The molecule has 1 spiro atoms. The van der Waals surface area contributed by atoms with Crippen molar-refractivity contribution < 1.29 is 14.7 Å². The number of carboxylic acid groups (broad SMARTS) is 1. The highest BCUT2D eigenvalue weighted by molar-refractivity contribution is 5.88. The SMILES string of the molecule is Cc1c[nH]c(CN2CCC3(CC2)C(C(=O)O)CC(=O)N3C)c(C)c1=O. The first-order valence-electron chi connectivity index (χ1n) is 8.66. The maximum absolute atomic E-state index is 12.1. The molecule has 0 saturated carbocycles. The number of nitrogens with one attached hydrogen (secondary N) is 1. The van der Waals surface area contributed by atoms with E-state index in [2.05, 4.69) is 9.88 Å². The van der Waals surface area contributed by atoms with Crippen LogP contribution in [0.15, 0.2) is 11.0 Å². The van der Waals surface area contributed by atoms with Gasteiger partial charge in [0.1, 0.15) is 0 Å². The van der Waals surface area contributed by atoms with Crippen LogP contribution in [0.4, 0.5) is 0 Å². The van der Waals surface area contributed by atoms with Gasteiger partial charge in [0.05, 0.1) is 11.5 Å². The first-order chi connectivity index (χ1) is 11.8. The molecule has 0 aromatic carbocycles. The molecule has 0 bridgehead atoms. The van der Waals surface area contributed by atoms with Crippen molar-refractivity contribution in [3.05, 3.63) is 33.2 Å². The van der Waals surface area contributed by atoms with Crippen LogP contribution in [0.3, 0.4) is 0 Å². The van der Waals surface area contributed by atoms with Crippen molar-refractivity contribution in [2.24, 2.45) is 5.92 Å². The molecule has 1 atom stereocenters. The predicted octanol–water partition coefficient (Wildman–Crippen LogP) is 0.889. The van der Waals surface area contributed by atoms with Gasteiger partial charge in [0.25, 0.3) is 0 Å². The Kier molecular flexibility index (Phi) is 4.45. The molecule has 0 radical (unpaired) electrons. The van der Waals surface area contributed by atoms with Gasteiger partial charge >= 0.3 is 5.97 Å². The Morgan fingerprint density at radius 1 is 1.32 bits per heavy atom. The molecule has 1 unspecified atom stereocenters. The van der Waals surface area contributed by atoms with Crippen LogP contribution in [-0.4, -0.2) is 57.4 Å². The summed E-state index contributed by atoms with van der Waals surface area (Å²) >= 11 is 0. The Hall–Kier alpha value is -2.15. The third-order valence-electron chi connectivity index (χ3n) is 6.09. The Morgan fingerprint density at radius 2 is 1.96 bits per heavy atom. The molecule has 7 nitrogen and oxygen atoms in total. The first kappa shape index (κ1) is 17.7. The molecule has 2 aliphatic heterocycles. The van der Waals surface area contributed by atoms with E-state index in [4.69, 9.17) is 0 Å². The summed E-state index contributed by atoms with van der Waals surface area (Å²) in [5, 5.41) is 9.53. The highest BCUT2D eigenvalue weighted by Crippen LogP contribution is 2.42. The van der Waals surface area contributed by atoms with E-state index in [1.807, 2.05) is 6.92 Å². The number of rotatable bonds is 3. The van der Waals surface area contributed by atoms with E-state index in [1.54, 1.807) is 25.1 Å². The van der Waals surface area contributed by atoms with Crippen LogP contribution in [0.2, 0.25) is 0 Å². The third-order valence-corrected chi connectivity index (χ3v) is 6.09. The van der Waals surface area contributed by atoms with Crippen LogP contribution in [0.5, 0.6) is 0 Å². The monoisotopic (exact) mass is 347 g/mol. The summed E-state index contributed by atoms with van der Waals surface area (Å²) in [5.74, 6) is -1.60. The highest BCUT2D eigenvalue weighted by atomic mass is 16.4. The number of carbonyl (C=O) groups excluding carboxylic acids is 1. The predicted molar refractivity (Wildman–Crippen MR) is 92.3 cm³/mol. The Morgan fingerprint density at radius 3 is 2.56 bits per heavy atom. The number of carbonyl (C=O) groups is 2. The molecule has 1 aromatic rings. The summed E-state index contributed by atoms with van der Waals surface area (Å²) in [7, 11) is 1.72. The smallest absolute Gasteiger partial charge is 0.309 e. The molecule has 3 heterocycles. The third kappa shape index (κ3) is 2.86. The second-order valence-corrected chi connectivity index (χ2v) is 7.33. The van der Waals surface area contributed by atoms with Crippen molar-refractivity contribution in [3.63, 3.8) is 0 Å². The van der Waals surface area contributed by atoms with Crippen molar-refractivity contribution in [2.45, 2.75) is 45.2 Å². The molecule has 136 valence electrons. The van der Waals surface area contributed by atoms with Crippen LogP contribution in [0.25, 0.3) is 0 Å². The first-order valence-corrected chi connectivity index (χ1v) is 8.66. The molecule has 2 aliphatic rings. The number of hydrogen-bond donors (Lipinski definition) is 2. The van der Waals surface area contributed by atoms with Gasteiger partial charge in [0, 0.05) is 56.1 Å². The number of piperidine rings is 1. The number of aryl methyl sites for hydroxylation is 1. The van der Waals surface area contributed by atoms with Gasteiger partial charge in [0.2, 0.25) is 5.91 Å². The van der Waals surface area contributed by atoms with Crippen LogP contribution in [0, 0.1) is 19.8 Å². The van der Waals surface area contributed by atoms with Gasteiger partial charge in [-0.15, -0.1) is 0 Å². The van der Waals surface area contributed by atoms with Crippen molar-refractivity contribution in [3.8, 4) is 0 Å². The molecule has 0 aliphatic carbocycles. The van der Waals surface area contributed by atoms with Crippen LogP contribution < -0.4 is 5.43 Å². The van der Waals surface area contributed by atoms with Gasteiger partial charge < -0.3 is 15.0 Å². The molecule has 1 aromatic heterocycles. The summed E-state index contributed by atoms with van der Waals surface area (Å²) in [6, 6.07) is 0. The van der Waals surface area contributed by atoms with Gasteiger partial charge in [-0.1, -0.05) is 0 Å². The minimum atomic E-state index is -0.884. The second kappa shape index (κ2) is 6.29. The maximum Gasteiger partial charge on any atom is 0.309 e. The Balaban J connectivity index is 1.74. The molecule has 25 heavy (non-hydrogen) atoms. The van der Waals surface area contributed by atoms with Crippen molar-refractivity contribution >= 4 is 11.9 Å². The summed E-state index contributed by atoms with van der Waals surface area (Å²) in [5.41, 5.74) is 1.83. The van der Waals surface area contributed by atoms with Crippen molar-refractivity contribution in [1.82, 2.24) is 14.8 Å². The van der Waals surface area contributed by atoms with Crippen LogP contribution in [0.1, 0.15) is 36.1 Å². The van der Waals surface area contributed by atoms with Crippen molar-refractivity contribution in [2.75, 3.05) is 20.1 Å². The van der Waals surface area contributed by atoms with E-state index < -0.39 is 17.4 Å². The average molecular weight is 347 g/mol. The number of H-pyrrole nitrogens is 1. The zero-order valence-corrected chi connectivity index (χ0v) is 15.0. The molecule has 7 heteroatoms. The minimum Gasteiger partial charge on any atom is -0.481 e. The standard InChI is InChI=1S/C18H25N3O4/c1-11-9-19-14(12(2)16(11)23)10-21-6-4-18(5-7-21)13(17(24)25)8-15(22)20(18)3/h9,13H,4-8,10H2,1-3H3,(H,19,23)(H,24,25). The molecule has 2 fully saturated rings. The fourth-order valence-corrected chi connectivity index (χ4v) is 4.27. The summed E-state index contributed by atoms with van der Waals surface area (Å²) in [4.78, 5) is 42.8. The number of aromatic nitrogens is 1. The normalized spacial score (nSPS) is 23.4. The van der Waals surface area contributed by atoms with E-state index >= 15 is 0 Å². The average Bonchev–Trinajstić information content (AvgIpc) is 2.83. The molecular formula is C18H25N3O4. The molecule has 3 rings (SSSR count). The summed E-state index contributed by atoms with van der Waals surface area (Å²) < 4.78 is 0.